The predicted molar refractivity (Wildman–Crippen MR) is 76.0 cm³/mol. The Balaban J connectivity index is 2.35. The van der Waals surface area contributed by atoms with Gasteiger partial charge in [0.15, 0.2) is 5.78 Å². The van der Waals surface area contributed by atoms with Gasteiger partial charge in [0.1, 0.15) is 0 Å². The van der Waals surface area contributed by atoms with Crippen LogP contribution in [0.2, 0.25) is 0 Å². The molecule has 0 saturated carbocycles. The number of carbonyl (C=O) groups excluding carboxylic acids is 1. The summed E-state index contributed by atoms with van der Waals surface area (Å²) in [7, 11) is 1.90. The second-order valence-electron chi connectivity index (χ2n) is 4.18. The number of carbonyl (C=O) groups is 1. The van der Waals surface area contributed by atoms with Crippen molar-refractivity contribution < 1.29 is 4.79 Å². The van der Waals surface area contributed by atoms with E-state index in [1.54, 1.807) is 0 Å². The van der Waals surface area contributed by atoms with E-state index in [4.69, 9.17) is 0 Å². The van der Waals surface area contributed by atoms with Crippen LogP contribution in [-0.4, -0.2) is 12.8 Å². The minimum Gasteiger partial charge on any atom is -0.388 e. The highest BCUT2D eigenvalue weighted by Crippen LogP contribution is 2.22. The number of anilines is 1. The zero-order chi connectivity index (χ0) is 13.0. The summed E-state index contributed by atoms with van der Waals surface area (Å²) >= 11 is 0. The zero-order valence-corrected chi connectivity index (χ0v) is 10.7. The molecule has 0 aliphatic heterocycles. The SMILES string of the molecule is CCC(=O)c1cccc(-c2ccc(NC)cc2)c1. The summed E-state index contributed by atoms with van der Waals surface area (Å²) in [6.07, 6.45) is 0.544. The lowest BCUT2D eigenvalue weighted by atomic mass is 10.0. The first kappa shape index (κ1) is 12.4. The molecule has 2 nitrogen and oxygen atoms in total. The average Bonchev–Trinajstić information content (AvgIpc) is 2.46. The van der Waals surface area contributed by atoms with Crippen molar-refractivity contribution in [2.45, 2.75) is 13.3 Å². The van der Waals surface area contributed by atoms with Crippen LogP contribution in [0.25, 0.3) is 11.1 Å². The Morgan fingerprint density at radius 1 is 1.06 bits per heavy atom. The van der Waals surface area contributed by atoms with Crippen molar-refractivity contribution in [3.63, 3.8) is 0 Å². The summed E-state index contributed by atoms with van der Waals surface area (Å²) in [6, 6.07) is 16.0. The molecule has 0 aromatic heterocycles. The second kappa shape index (κ2) is 5.50. The summed E-state index contributed by atoms with van der Waals surface area (Å²) in [6.45, 7) is 1.89. The van der Waals surface area contributed by atoms with Gasteiger partial charge in [0, 0.05) is 24.7 Å². The Hall–Kier alpha value is -2.09. The van der Waals surface area contributed by atoms with Crippen LogP contribution in [0, 0.1) is 0 Å². The molecule has 0 fully saturated rings. The van der Waals surface area contributed by atoms with Gasteiger partial charge in [0.2, 0.25) is 0 Å². The summed E-state index contributed by atoms with van der Waals surface area (Å²) < 4.78 is 0. The normalized spacial score (nSPS) is 10.1. The van der Waals surface area contributed by atoms with Crippen molar-refractivity contribution in [1.82, 2.24) is 0 Å². The van der Waals surface area contributed by atoms with Gasteiger partial charge in [-0.25, -0.2) is 0 Å². The van der Waals surface area contributed by atoms with Gasteiger partial charge < -0.3 is 5.32 Å². The largest absolute Gasteiger partial charge is 0.388 e. The smallest absolute Gasteiger partial charge is 0.162 e. The maximum absolute atomic E-state index is 11.7. The second-order valence-corrected chi connectivity index (χ2v) is 4.18. The van der Waals surface area contributed by atoms with Gasteiger partial charge in [0.25, 0.3) is 0 Å². The first-order valence-corrected chi connectivity index (χ1v) is 6.16. The van der Waals surface area contributed by atoms with E-state index in [1.165, 1.54) is 0 Å². The fourth-order valence-corrected chi connectivity index (χ4v) is 1.91. The topological polar surface area (TPSA) is 29.1 Å². The maximum Gasteiger partial charge on any atom is 0.162 e. The third-order valence-electron chi connectivity index (χ3n) is 3.01. The molecule has 0 heterocycles. The van der Waals surface area contributed by atoms with Crippen molar-refractivity contribution in [2.24, 2.45) is 0 Å². The number of Topliss-reactive ketones (excluding diaryl/α,β-unsaturated/α-hetero) is 1. The summed E-state index contributed by atoms with van der Waals surface area (Å²) in [4.78, 5) is 11.7. The van der Waals surface area contributed by atoms with Gasteiger partial charge in [-0.2, -0.15) is 0 Å². The molecular weight excluding hydrogens is 222 g/mol. The molecule has 0 bridgehead atoms. The van der Waals surface area contributed by atoms with Crippen LogP contribution in [0.15, 0.2) is 48.5 Å². The Labute approximate surface area is 108 Å². The summed E-state index contributed by atoms with van der Waals surface area (Å²) in [5, 5.41) is 3.09. The molecule has 1 N–H and O–H groups in total. The van der Waals surface area contributed by atoms with Gasteiger partial charge in [0.05, 0.1) is 0 Å². The van der Waals surface area contributed by atoms with Gasteiger partial charge >= 0.3 is 0 Å². The molecule has 0 spiro atoms. The van der Waals surface area contributed by atoms with Crippen LogP contribution in [0.3, 0.4) is 0 Å². The predicted octanol–water partition coefficient (Wildman–Crippen LogP) is 3.99. The van der Waals surface area contributed by atoms with Crippen molar-refractivity contribution >= 4 is 11.5 Å². The van der Waals surface area contributed by atoms with Gasteiger partial charge in [-0.3, -0.25) is 4.79 Å². The van der Waals surface area contributed by atoms with Crippen molar-refractivity contribution in [2.75, 3.05) is 12.4 Å². The molecule has 0 atom stereocenters. The Bertz CT molecular complexity index is 543. The molecule has 0 radical (unpaired) electrons. The van der Waals surface area contributed by atoms with E-state index in [9.17, 15) is 4.79 Å². The third-order valence-corrected chi connectivity index (χ3v) is 3.01. The molecule has 92 valence electrons. The number of benzene rings is 2. The number of ketones is 1. The minimum absolute atomic E-state index is 0.184. The molecular formula is C16H17NO. The fraction of sp³-hybridized carbons (Fsp3) is 0.188. The molecule has 2 aromatic carbocycles. The van der Waals surface area contributed by atoms with Crippen molar-refractivity contribution in [3.8, 4) is 11.1 Å². The van der Waals surface area contributed by atoms with Crippen molar-refractivity contribution in [1.29, 1.82) is 0 Å². The Kier molecular flexibility index (Phi) is 3.78. The van der Waals surface area contributed by atoms with Crippen LogP contribution >= 0.6 is 0 Å². The summed E-state index contributed by atoms with van der Waals surface area (Å²) in [5.41, 5.74) is 4.07. The van der Waals surface area contributed by atoms with Gasteiger partial charge in [-0.15, -0.1) is 0 Å². The van der Waals surface area contributed by atoms with Crippen LogP contribution in [0.5, 0.6) is 0 Å². The standard InChI is InChI=1S/C16H17NO/c1-3-16(18)14-6-4-5-13(11-14)12-7-9-15(17-2)10-8-12/h4-11,17H,3H2,1-2H3. The van der Waals surface area contributed by atoms with Crippen LogP contribution in [-0.2, 0) is 0 Å². The fourth-order valence-electron chi connectivity index (χ4n) is 1.91. The molecule has 0 unspecified atom stereocenters. The van der Waals surface area contributed by atoms with Crippen LogP contribution in [0.4, 0.5) is 5.69 Å². The lowest BCUT2D eigenvalue weighted by Crippen LogP contribution is -1.96. The first-order valence-electron chi connectivity index (χ1n) is 6.16. The highest BCUT2D eigenvalue weighted by atomic mass is 16.1. The highest BCUT2D eigenvalue weighted by Gasteiger charge is 2.04. The van der Waals surface area contributed by atoms with E-state index in [0.717, 1.165) is 22.4 Å². The van der Waals surface area contributed by atoms with E-state index in [-0.39, 0.29) is 5.78 Å². The molecule has 0 saturated heterocycles. The number of hydrogen-bond acceptors (Lipinski definition) is 2. The minimum atomic E-state index is 0.184. The molecule has 2 aromatic rings. The quantitative estimate of drug-likeness (QED) is 0.817. The van der Waals surface area contributed by atoms with Gasteiger partial charge in [-0.1, -0.05) is 37.3 Å². The van der Waals surface area contributed by atoms with Gasteiger partial charge in [-0.05, 0) is 29.3 Å². The monoisotopic (exact) mass is 239 g/mol. The molecule has 18 heavy (non-hydrogen) atoms. The number of rotatable bonds is 4. The number of hydrogen-bond donors (Lipinski definition) is 1. The average molecular weight is 239 g/mol. The zero-order valence-electron chi connectivity index (χ0n) is 10.7. The molecule has 2 rings (SSSR count). The van der Waals surface area contributed by atoms with E-state index in [0.29, 0.717) is 6.42 Å². The lowest BCUT2D eigenvalue weighted by Gasteiger charge is -2.06. The van der Waals surface area contributed by atoms with Crippen LogP contribution < -0.4 is 5.32 Å². The van der Waals surface area contributed by atoms with Crippen LogP contribution in [0.1, 0.15) is 23.7 Å². The summed E-state index contributed by atoms with van der Waals surface area (Å²) in [5.74, 6) is 0.184. The third kappa shape index (κ3) is 2.59. The lowest BCUT2D eigenvalue weighted by molar-refractivity contribution is 0.0988. The molecule has 0 aliphatic carbocycles. The van der Waals surface area contributed by atoms with E-state index in [2.05, 4.69) is 17.4 Å². The Morgan fingerprint density at radius 2 is 1.78 bits per heavy atom. The maximum atomic E-state index is 11.7. The molecule has 0 aliphatic rings. The highest BCUT2D eigenvalue weighted by molar-refractivity contribution is 5.97. The number of nitrogens with one attached hydrogen (secondary N) is 1. The Morgan fingerprint density at radius 3 is 2.39 bits per heavy atom. The molecule has 2 heteroatoms. The van der Waals surface area contributed by atoms with E-state index in [1.807, 2.05) is 50.4 Å². The van der Waals surface area contributed by atoms with Crippen molar-refractivity contribution in [3.05, 3.63) is 54.1 Å². The first-order chi connectivity index (χ1) is 8.74. The van der Waals surface area contributed by atoms with E-state index >= 15 is 0 Å². The molecule has 0 amide bonds. The van der Waals surface area contributed by atoms with E-state index < -0.39 is 0 Å².